The van der Waals surface area contributed by atoms with E-state index in [1.165, 1.54) is 39.1 Å². The fraction of sp³-hybridized carbons (Fsp3) is 0.250. The molecule has 0 unspecified atom stereocenters. The second-order valence-corrected chi connectivity index (χ2v) is 8.07. The molecule has 0 aromatic heterocycles. The van der Waals surface area contributed by atoms with Crippen molar-refractivity contribution in [3.63, 3.8) is 0 Å². The Labute approximate surface area is 160 Å². The van der Waals surface area contributed by atoms with E-state index in [4.69, 9.17) is 11.6 Å². The van der Waals surface area contributed by atoms with E-state index < -0.39 is 0 Å². The summed E-state index contributed by atoms with van der Waals surface area (Å²) in [5, 5.41) is 4.78. The summed E-state index contributed by atoms with van der Waals surface area (Å²) < 4.78 is 0. The fourth-order valence-electron chi connectivity index (χ4n) is 5.04. The summed E-state index contributed by atoms with van der Waals surface area (Å²) >= 11 is 6.59. The first-order chi connectivity index (χ1) is 12.6. The summed E-state index contributed by atoms with van der Waals surface area (Å²) in [5.41, 5.74) is 9.46. The number of anilines is 1. The van der Waals surface area contributed by atoms with Gasteiger partial charge < -0.3 is 5.32 Å². The molecule has 0 radical (unpaired) electrons. The van der Waals surface area contributed by atoms with Crippen LogP contribution in [0.25, 0.3) is 0 Å². The maximum absolute atomic E-state index is 6.59. The molecule has 5 rings (SSSR count). The summed E-state index contributed by atoms with van der Waals surface area (Å²) in [5.74, 6) is 0.920. The van der Waals surface area contributed by atoms with Gasteiger partial charge in [-0.3, -0.25) is 0 Å². The lowest BCUT2D eigenvalue weighted by Gasteiger charge is -2.40. The third-order valence-corrected chi connectivity index (χ3v) is 6.63. The van der Waals surface area contributed by atoms with Gasteiger partial charge in [-0.25, -0.2) is 0 Å². The molecule has 0 bridgehead atoms. The molecule has 0 fully saturated rings. The molecule has 3 aromatic carbocycles. The van der Waals surface area contributed by atoms with E-state index in [-0.39, 0.29) is 0 Å². The van der Waals surface area contributed by atoms with Crippen molar-refractivity contribution in [1.29, 1.82) is 0 Å². The van der Waals surface area contributed by atoms with Crippen LogP contribution in [0.1, 0.15) is 45.3 Å². The minimum absolute atomic E-state index is 0.320. The molecule has 1 nitrogen and oxygen atoms in total. The first kappa shape index (κ1) is 16.0. The summed E-state index contributed by atoms with van der Waals surface area (Å²) in [7, 11) is 0. The van der Waals surface area contributed by atoms with Gasteiger partial charge in [0.2, 0.25) is 0 Å². The zero-order valence-electron chi connectivity index (χ0n) is 15.1. The van der Waals surface area contributed by atoms with Crippen molar-refractivity contribution in [2.75, 3.05) is 5.32 Å². The molecular weight excluding hydrogens is 338 g/mol. The van der Waals surface area contributed by atoms with Gasteiger partial charge in [0.1, 0.15) is 0 Å². The molecule has 1 aliphatic carbocycles. The summed E-state index contributed by atoms with van der Waals surface area (Å²) in [4.78, 5) is 0. The quantitative estimate of drug-likeness (QED) is 0.528. The van der Waals surface area contributed by atoms with Gasteiger partial charge in [0.05, 0.1) is 6.04 Å². The molecule has 1 aliphatic heterocycles. The van der Waals surface area contributed by atoms with Crippen LogP contribution in [0.4, 0.5) is 5.69 Å². The molecule has 3 aromatic rings. The summed E-state index contributed by atoms with van der Waals surface area (Å²) in [6.07, 6.45) is 1.11. The standard InChI is InChI=1S/C24H22ClN/c1-14-12-20(25)15(2)21-22-18-11-7-6-10-17(18)13-19(22)24(26-23(14)21)16-8-4-3-5-9-16/h3-12,19,22,24,26H,13H2,1-2H3/t19-,22+,24-/m0/s1. The smallest absolute Gasteiger partial charge is 0.0554 e. The first-order valence-electron chi connectivity index (χ1n) is 9.34. The van der Waals surface area contributed by atoms with Crippen molar-refractivity contribution in [1.82, 2.24) is 0 Å². The number of benzene rings is 3. The zero-order chi connectivity index (χ0) is 17.8. The minimum atomic E-state index is 0.320. The predicted molar refractivity (Wildman–Crippen MR) is 109 cm³/mol. The Balaban J connectivity index is 1.77. The fourth-order valence-corrected chi connectivity index (χ4v) is 5.30. The zero-order valence-corrected chi connectivity index (χ0v) is 15.8. The van der Waals surface area contributed by atoms with E-state index in [2.05, 4.69) is 79.8 Å². The van der Waals surface area contributed by atoms with Gasteiger partial charge in [0.15, 0.2) is 0 Å². The predicted octanol–water partition coefficient (Wildman–Crippen LogP) is 6.43. The average molecular weight is 360 g/mol. The van der Waals surface area contributed by atoms with Crippen LogP contribution in [-0.2, 0) is 6.42 Å². The van der Waals surface area contributed by atoms with E-state index in [1.807, 2.05) is 0 Å². The number of fused-ring (bicyclic) bond motifs is 5. The highest BCUT2D eigenvalue weighted by molar-refractivity contribution is 6.31. The van der Waals surface area contributed by atoms with Crippen LogP contribution in [0.5, 0.6) is 0 Å². The number of rotatable bonds is 1. The number of halogens is 1. The number of hydrogen-bond acceptors (Lipinski definition) is 1. The highest BCUT2D eigenvalue weighted by Gasteiger charge is 2.44. The van der Waals surface area contributed by atoms with Gasteiger partial charge in [-0.15, -0.1) is 0 Å². The number of nitrogens with one attached hydrogen (secondary N) is 1. The Bertz CT molecular complexity index is 993. The van der Waals surface area contributed by atoms with E-state index in [0.29, 0.717) is 17.9 Å². The Hall–Kier alpha value is -2.25. The Morgan fingerprint density at radius 2 is 1.69 bits per heavy atom. The monoisotopic (exact) mass is 359 g/mol. The van der Waals surface area contributed by atoms with Crippen LogP contribution in [-0.4, -0.2) is 0 Å². The van der Waals surface area contributed by atoms with Gasteiger partial charge in [-0.05, 0) is 65.6 Å². The van der Waals surface area contributed by atoms with Gasteiger partial charge in [0.25, 0.3) is 0 Å². The van der Waals surface area contributed by atoms with E-state index in [0.717, 1.165) is 11.4 Å². The second kappa shape index (κ2) is 5.89. The summed E-state index contributed by atoms with van der Waals surface area (Å²) in [6, 6.07) is 22.2. The molecule has 2 aliphatic rings. The molecule has 0 saturated heterocycles. The van der Waals surface area contributed by atoms with Crippen LogP contribution in [0.3, 0.4) is 0 Å². The molecule has 1 heterocycles. The van der Waals surface area contributed by atoms with Crippen LogP contribution < -0.4 is 5.32 Å². The molecule has 0 amide bonds. The highest BCUT2D eigenvalue weighted by atomic mass is 35.5. The molecule has 1 N–H and O–H groups in total. The number of hydrogen-bond donors (Lipinski definition) is 1. The van der Waals surface area contributed by atoms with Gasteiger partial charge >= 0.3 is 0 Å². The molecular formula is C24H22ClN. The maximum atomic E-state index is 6.59. The molecule has 130 valence electrons. The third kappa shape index (κ3) is 2.23. The normalized spacial score (nSPS) is 23.0. The van der Waals surface area contributed by atoms with Crippen LogP contribution in [0.2, 0.25) is 5.02 Å². The Morgan fingerprint density at radius 1 is 0.962 bits per heavy atom. The highest BCUT2D eigenvalue weighted by Crippen LogP contribution is 2.56. The molecule has 3 atom stereocenters. The van der Waals surface area contributed by atoms with Gasteiger partial charge in [-0.1, -0.05) is 66.2 Å². The molecule has 2 heteroatoms. The van der Waals surface area contributed by atoms with Gasteiger partial charge in [-0.2, -0.15) is 0 Å². The van der Waals surface area contributed by atoms with Crippen molar-refractivity contribution in [2.45, 2.75) is 32.2 Å². The molecule has 0 saturated carbocycles. The van der Waals surface area contributed by atoms with Crippen molar-refractivity contribution in [2.24, 2.45) is 5.92 Å². The lowest BCUT2D eigenvalue weighted by atomic mass is 9.73. The van der Waals surface area contributed by atoms with Crippen molar-refractivity contribution in [3.05, 3.63) is 99.1 Å². The van der Waals surface area contributed by atoms with Crippen molar-refractivity contribution in [3.8, 4) is 0 Å². The van der Waals surface area contributed by atoms with E-state index in [9.17, 15) is 0 Å². The van der Waals surface area contributed by atoms with E-state index in [1.54, 1.807) is 0 Å². The molecule has 0 spiro atoms. The second-order valence-electron chi connectivity index (χ2n) is 7.67. The summed E-state index contributed by atoms with van der Waals surface area (Å²) in [6.45, 7) is 4.34. The van der Waals surface area contributed by atoms with Crippen LogP contribution in [0.15, 0.2) is 60.7 Å². The number of aryl methyl sites for hydroxylation is 1. The third-order valence-electron chi connectivity index (χ3n) is 6.24. The topological polar surface area (TPSA) is 12.0 Å². The average Bonchev–Trinajstić information content (AvgIpc) is 3.05. The largest absolute Gasteiger partial charge is 0.377 e. The SMILES string of the molecule is Cc1cc(Cl)c(C)c2c1N[C@@H](c1ccccc1)[C@H]1Cc3ccccc3[C@@H]21. The van der Waals surface area contributed by atoms with Crippen molar-refractivity contribution < 1.29 is 0 Å². The maximum Gasteiger partial charge on any atom is 0.0554 e. The molecule has 26 heavy (non-hydrogen) atoms. The first-order valence-corrected chi connectivity index (χ1v) is 9.72. The van der Waals surface area contributed by atoms with Gasteiger partial charge in [0, 0.05) is 16.6 Å². The Morgan fingerprint density at radius 3 is 2.50 bits per heavy atom. The van der Waals surface area contributed by atoms with Crippen molar-refractivity contribution >= 4 is 17.3 Å². The lowest BCUT2D eigenvalue weighted by molar-refractivity contribution is 0.419. The minimum Gasteiger partial charge on any atom is -0.377 e. The van der Waals surface area contributed by atoms with Crippen LogP contribution >= 0.6 is 11.6 Å². The lowest BCUT2D eigenvalue weighted by Crippen LogP contribution is -2.31. The van der Waals surface area contributed by atoms with Crippen LogP contribution in [0, 0.1) is 19.8 Å². The van der Waals surface area contributed by atoms with E-state index >= 15 is 0 Å². The Kier molecular flexibility index (Phi) is 3.62.